The molecule has 0 aliphatic heterocycles. The first-order valence-corrected chi connectivity index (χ1v) is 25.4. The summed E-state index contributed by atoms with van der Waals surface area (Å²) in [5.41, 5.74) is 0. The topological polar surface area (TPSA) is 78.9 Å². The second-order valence-electron chi connectivity index (χ2n) is 15.8. The first-order chi connectivity index (χ1) is 33.0. The summed E-state index contributed by atoms with van der Waals surface area (Å²) < 4.78 is 16.7. The van der Waals surface area contributed by atoms with Crippen LogP contribution in [0, 0.1) is 0 Å². The predicted molar refractivity (Wildman–Crippen MR) is 287 cm³/mol. The molecule has 0 heterocycles. The summed E-state index contributed by atoms with van der Waals surface area (Å²) in [5, 5.41) is 0. The Labute approximate surface area is 408 Å². The molecule has 6 nitrogen and oxygen atoms in total. The van der Waals surface area contributed by atoms with Crippen molar-refractivity contribution in [2.45, 2.75) is 168 Å². The average Bonchev–Trinajstić information content (AvgIpc) is 3.33. The van der Waals surface area contributed by atoms with Gasteiger partial charge in [-0.25, -0.2) is 0 Å². The molecule has 1 atom stereocenters. The zero-order chi connectivity index (χ0) is 48.6. The number of esters is 3. The maximum Gasteiger partial charge on any atom is 0.306 e. The molecular weight excluding hydrogens is 829 g/mol. The standard InChI is InChI=1S/C61H88O6/c1-4-7-10-13-16-19-22-25-27-29-30-32-33-36-39-42-45-48-51-54-60(63)66-57-58(56-65-59(62)53-50-47-44-41-38-35-24-21-18-15-12-9-6-3)67-61(64)55-52-49-46-43-40-37-34-31-28-26-23-20-17-14-11-8-5-2/h7-12,14-21,23-28,30-32,34,36-37,39-40,45,48,58H,4-6,13,22,29,33,35,38,41-44,46-47,49-57H2,1-3H3/b10-7+,11-8+,12-9+,17-14+,18-15+,19-16+,23-20+,24-21+,27-25+,28-26+,32-30+,34-31+,39-36+,40-37+,48-45+. The van der Waals surface area contributed by atoms with E-state index in [4.69, 9.17) is 14.2 Å². The second-order valence-corrected chi connectivity index (χ2v) is 15.8. The van der Waals surface area contributed by atoms with E-state index in [0.29, 0.717) is 19.3 Å². The molecule has 0 aromatic rings. The van der Waals surface area contributed by atoms with Crippen LogP contribution in [-0.2, 0) is 28.6 Å². The number of unbranched alkanes of at least 4 members (excludes halogenated alkanes) is 8. The van der Waals surface area contributed by atoms with Crippen molar-refractivity contribution >= 4 is 17.9 Å². The van der Waals surface area contributed by atoms with Crippen LogP contribution >= 0.6 is 0 Å². The fraction of sp³-hybridized carbons (Fsp3) is 0.459. The normalized spacial score (nSPS) is 13.7. The number of ether oxygens (including phenoxy) is 3. The van der Waals surface area contributed by atoms with Crippen LogP contribution in [0.4, 0.5) is 0 Å². The van der Waals surface area contributed by atoms with Crippen LogP contribution in [0.5, 0.6) is 0 Å². The Hall–Kier alpha value is -5.49. The van der Waals surface area contributed by atoms with E-state index in [2.05, 4.69) is 124 Å². The maximum atomic E-state index is 12.8. The van der Waals surface area contributed by atoms with Crippen molar-refractivity contribution in [3.63, 3.8) is 0 Å². The molecule has 0 saturated heterocycles. The lowest BCUT2D eigenvalue weighted by Gasteiger charge is -2.18. The monoisotopic (exact) mass is 917 g/mol. The Balaban J connectivity index is 4.67. The van der Waals surface area contributed by atoms with Gasteiger partial charge in [0.2, 0.25) is 0 Å². The van der Waals surface area contributed by atoms with Gasteiger partial charge in [0.15, 0.2) is 6.10 Å². The van der Waals surface area contributed by atoms with Crippen LogP contribution < -0.4 is 0 Å². The van der Waals surface area contributed by atoms with Crippen molar-refractivity contribution in [1.29, 1.82) is 0 Å². The van der Waals surface area contributed by atoms with Gasteiger partial charge in [0.1, 0.15) is 13.2 Å². The van der Waals surface area contributed by atoms with E-state index in [-0.39, 0.29) is 44.0 Å². The Kier molecular flexibility index (Phi) is 48.8. The summed E-state index contributed by atoms with van der Waals surface area (Å²) in [4.78, 5) is 38.0. The van der Waals surface area contributed by atoms with Gasteiger partial charge in [0.25, 0.3) is 0 Å². The van der Waals surface area contributed by atoms with Crippen LogP contribution in [-0.4, -0.2) is 37.2 Å². The van der Waals surface area contributed by atoms with Crippen molar-refractivity contribution in [1.82, 2.24) is 0 Å². The molecule has 67 heavy (non-hydrogen) atoms. The maximum absolute atomic E-state index is 12.8. The van der Waals surface area contributed by atoms with Crippen LogP contribution in [0.15, 0.2) is 182 Å². The molecular formula is C61H88O6. The smallest absolute Gasteiger partial charge is 0.306 e. The molecule has 0 aliphatic carbocycles. The molecule has 0 aliphatic rings. The molecule has 0 amide bonds. The van der Waals surface area contributed by atoms with Crippen LogP contribution in [0.25, 0.3) is 0 Å². The zero-order valence-corrected chi connectivity index (χ0v) is 41.8. The van der Waals surface area contributed by atoms with Gasteiger partial charge in [0.05, 0.1) is 0 Å². The summed E-state index contributed by atoms with van der Waals surface area (Å²) in [5.74, 6) is -1.11. The van der Waals surface area contributed by atoms with Gasteiger partial charge in [-0.1, -0.05) is 229 Å². The van der Waals surface area contributed by atoms with Gasteiger partial charge in [-0.05, 0) is 96.3 Å². The largest absolute Gasteiger partial charge is 0.462 e. The number of carbonyl (C=O) groups excluding carboxylic acids is 3. The van der Waals surface area contributed by atoms with E-state index in [1.807, 2.05) is 79.0 Å². The summed E-state index contributed by atoms with van der Waals surface area (Å²) in [6.07, 6.45) is 80.2. The Morgan fingerprint density at radius 1 is 0.313 bits per heavy atom. The Morgan fingerprint density at radius 2 is 0.642 bits per heavy atom. The Morgan fingerprint density at radius 3 is 1.09 bits per heavy atom. The highest BCUT2D eigenvalue weighted by atomic mass is 16.6. The van der Waals surface area contributed by atoms with Crippen molar-refractivity contribution in [3.05, 3.63) is 182 Å². The van der Waals surface area contributed by atoms with Crippen molar-refractivity contribution < 1.29 is 28.6 Å². The van der Waals surface area contributed by atoms with Crippen molar-refractivity contribution in [3.8, 4) is 0 Å². The minimum absolute atomic E-state index is 0.141. The summed E-state index contributed by atoms with van der Waals surface area (Å²) in [7, 11) is 0. The molecule has 0 N–H and O–H groups in total. The van der Waals surface area contributed by atoms with E-state index in [1.54, 1.807) is 0 Å². The van der Waals surface area contributed by atoms with Crippen LogP contribution in [0.2, 0.25) is 0 Å². The summed E-state index contributed by atoms with van der Waals surface area (Å²) >= 11 is 0. The first kappa shape index (κ1) is 61.5. The molecule has 0 saturated carbocycles. The third kappa shape index (κ3) is 51.4. The highest BCUT2D eigenvalue weighted by Crippen LogP contribution is 2.11. The quantitative estimate of drug-likeness (QED) is 0.0200. The van der Waals surface area contributed by atoms with Gasteiger partial charge < -0.3 is 14.2 Å². The molecule has 0 fully saturated rings. The fourth-order valence-electron chi connectivity index (χ4n) is 5.91. The lowest BCUT2D eigenvalue weighted by molar-refractivity contribution is -0.166. The highest BCUT2D eigenvalue weighted by molar-refractivity contribution is 5.71. The van der Waals surface area contributed by atoms with Gasteiger partial charge in [0, 0.05) is 19.3 Å². The minimum atomic E-state index is -0.851. The average molecular weight is 917 g/mol. The third-order valence-corrected chi connectivity index (χ3v) is 9.62. The van der Waals surface area contributed by atoms with Crippen molar-refractivity contribution in [2.24, 2.45) is 0 Å². The van der Waals surface area contributed by atoms with E-state index >= 15 is 0 Å². The van der Waals surface area contributed by atoms with Gasteiger partial charge >= 0.3 is 17.9 Å². The van der Waals surface area contributed by atoms with Gasteiger partial charge in [-0.2, -0.15) is 0 Å². The molecule has 0 rings (SSSR count). The second kappa shape index (κ2) is 53.1. The number of hydrogen-bond acceptors (Lipinski definition) is 6. The first-order valence-electron chi connectivity index (χ1n) is 25.4. The van der Waals surface area contributed by atoms with Crippen molar-refractivity contribution in [2.75, 3.05) is 13.2 Å². The summed E-state index contributed by atoms with van der Waals surface area (Å²) in [6, 6.07) is 0. The Bertz CT molecular complexity index is 1670. The number of rotatable bonds is 42. The van der Waals surface area contributed by atoms with Gasteiger partial charge in [-0.15, -0.1) is 0 Å². The molecule has 1 unspecified atom stereocenters. The predicted octanol–water partition coefficient (Wildman–Crippen LogP) is 17.0. The highest BCUT2D eigenvalue weighted by Gasteiger charge is 2.19. The number of carbonyl (C=O) groups is 3. The fourth-order valence-corrected chi connectivity index (χ4v) is 5.91. The molecule has 368 valence electrons. The van der Waals surface area contributed by atoms with E-state index in [1.165, 1.54) is 0 Å². The molecule has 0 spiro atoms. The summed E-state index contributed by atoms with van der Waals surface area (Å²) in [6.45, 7) is 6.08. The minimum Gasteiger partial charge on any atom is -0.462 e. The molecule has 0 bridgehead atoms. The zero-order valence-electron chi connectivity index (χ0n) is 41.8. The van der Waals surface area contributed by atoms with E-state index < -0.39 is 6.10 Å². The number of hydrogen-bond donors (Lipinski definition) is 0. The SMILES string of the molecule is CC/C=C/C=C/C=C/C=C/C=C/C=C/CCCCCC(=O)OC(COC(=O)CC/C=C/C/C=C/C/C=C/C/C=C/C/C=C/C/C=C/CC)COC(=O)CCCCCCC/C=C/C=C/C=C/CC. The van der Waals surface area contributed by atoms with E-state index in [9.17, 15) is 14.4 Å². The van der Waals surface area contributed by atoms with Crippen LogP contribution in [0.3, 0.4) is 0 Å². The molecule has 6 heteroatoms. The number of allylic oxidation sites excluding steroid dienone is 30. The van der Waals surface area contributed by atoms with E-state index in [0.717, 1.165) is 109 Å². The lowest BCUT2D eigenvalue weighted by Crippen LogP contribution is -2.30. The van der Waals surface area contributed by atoms with Crippen LogP contribution in [0.1, 0.15) is 162 Å². The molecule has 0 aromatic heterocycles. The molecule has 0 aromatic carbocycles. The third-order valence-electron chi connectivity index (χ3n) is 9.62. The lowest BCUT2D eigenvalue weighted by atomic mass is 10.1. The molecule has 0 radical (unpaired) electrons. The van der Waals surface area contributed by atoms with Gasteiger partial charge in [-0.3, -0.25) is 14.4 Å².